The molecular formula is C13H26N2O. The van der Waals surface area contributed by atoms with Gasteiger partial charge in [-0.1, -0.05) is 0 Å². The Kier molecular flexibility index (Phi) is 5.07. The van der Waals surface area contributed by atoms with E-state index in [1.54, 1.807) is 0 Å². The maximum absolute atomic E-state index is 5.64. The molecule has 3 nitrogen and oxygen atoms in total. The van der Waals surface area contributed by atoms with Crippen LogP contribution in [-0.4, -0.2) is 50.3 Å². The second-order valence-corrected chi connectivity index (χ2v) is 5.33. The molecule has 0 aromatic heterocycles. The number of rotatable bonds is 8. The van der Waals surface area contributed by atoms with Crippen LogP contribution in [0.2, 0.25) is 0 Å². The van der Waals surface area contributed by atoms with Gasteiger partial charge in [-0.2, -0.15) is 0 Å². The third-order valence-corrected chi connectivity index (χ3v) is 3.52. The molecule has 0 amide bonds. The lowest BCUT2D eigenvalue weighted by atomic mass is 10.2. The van der Waals surface area contributed by atoms with E-state index in [9.17, 15) is 0 Å². The summed E-state index contributed by atoms with van der Waals surface area (Å²) in [7, 11) is 2.22. The van der Waals surface area contributed by atoms with Crippen molar-refractivity contribution in [2.24, 2.45) is 0 Å². The van der Waals surface area contributed by atoms with Crippen LogP contribution in [0.15, 0.2) is 0 Å². The first-order chi connectivity index (χ1) is 7.84. The molecule has 1 aliphatic heterocycles. The molecule has 2 rings (SSSR count). The van der Waals surface area contributed by atoms with Crippen LogP contribution in [0, 0.1) is 0 Å². The summed E-state index contributed by atoms with van der Waals surface area (Å²) in [5.41, 5.74) is 0. The van der Waals surface area contributed by atoms with Gasteiger partial charge in [0.05, 0.1) is 6.10 Å². The monoisotopic (exact) mass is 226 g/mol. The Bertz CT molecular complexity index is 188. The molecule has 1 saturated heterocycles. The number of hydrogen-bond acceptors (Lipinski definition) is 3. The number of unbranched alkanes of at least 4 members (excludes halogenated alkanes) is 1. The molecule has 1 unspecified atom stereocenters. The molecule has 1 aliphatic carbocycles. The van der Waals surface area contributed by atoms with Crippen LogP contribution in [-0.2, 0) is 4.74 Å². The molecule has 0 aromatic rings. The predicted octanol–water partition coefficient (Wildman–Crippen LogP) is 1.63. The van der Waals surface area contributed by atoms with Crippen molar-refractivity contribution in [1.29, 1.82) is 0 Å². The average Bonchev–Trinajstić information content (AvgIpc) is 2.95. The number of ether oxygens (including phenoxy) is 1. The molecule has 0 radical (unpaired) electrons. The second-order valence-electron chi connectivity index (χ2n) is 5.33. The SMILES string of the molecule is CN(CCCCNC1CC1)CC1CCCO1. The fourth-order valence-corrected chi connectivity index (χ4v) is 2.33. The van der Waals surface area contributed by atoms with Crippen LogP contribution in [0.5, 0.6) is 0 Å². The zero-order chi connectivity index (χ0) is 11.2. The van der Waals surface area contributed by atoms with Crippen molar-refractivity contribution < 1.29 is 4.74 Å². The lowest BCUT2D eigenvalue weighted by Crippen LogP contribution is -2.30. The molecule has 0 aromatic carbocycles. The quantitative estimate of drug-likeness (QED) is 0.637. The van der Waals surface area contributed by atoms with E-state index in [0.29, 0.717) is 6.10 Å². The molecule has 3 heteroatoms. The van der Waals surface area contributed by atoms with Crippen LogP contribution < -0.4 is 5.32 Å². The molecule has 16 heavy (non-hydrogen) atoms. The van der Waals surface area contributed by atoms with E-state index in [1.165, 1.54) is 51.6 Å². The van der Waals surface area contributed by atoms with Crippen molar-refractivity contribution >= 4 is 0 Å². The second kappa shape index (κ2) is 6.58. The van der Waals surface area contributed by atoms with Crippen LogP contribution in [0.1, 0.15) is 38.5 Å². The molecule has 94 valence electrons. The Morgan fingerprint density at radius 1 is 1.25 bits per heavy atom. The Hall–Kier alpha value is -0.120. The van der Waals surface area contributed by atoms with Crippen molar-refractivity contribution in [3.8, 4) is 0 Å². The molecule has 2 aliphatic rings. The maximum Gasteiger partial charge on any atom is 0.0702 e. The summed E-state index contributed by atoms with van der Waals surface area (Å²) in [6.45, 7) is 4.52. The van der Waals surface area contributed by atoms with E-state index >= 15 is 0 Å². The number of hydrogen-bond donors (Lipinski definition) is 1. The van der Waals surface area contributed by atoms with Gasteiger partial charge in [-0.3, -0.25) is 0 Å². The molecule has 1 N–H and O–H groups in total. The first-order valence-electron chi connectivity index (χ1n) is 6.88. The molecule has 1 atom stereocenters. The summed E-state index contributed by atoms with van der Waals surface area (Å²) in [6.07, 6.45) is 8.44. The Balaban J connectivity index is 1.41. The molecule has 1 heterocycles. The minimum Gasteiger partial charge on any atom is -0.377 e. The van der Waals surface area contributed by atoms with Crippen LogP contribution in [0.25, 0.3) is 0 Å². The molecule has 0 bridgehead atoms. The van der Waals surface area contributed by atoms with E-state index in [-0.39, 0.29) is 0 Å². The highest BCUT2D eigenvalue weighted by molar-refractivity contribution is 4.80. The van der Waals surface area contributed by atoms with Crippen LogP contribution >= 0.6 is 0 Å². The number of nitrogens with one attached hydrogen (secondary N) is 1. The first-order valence-corrected chi connectivity index (χ1v) is 6.88. The summed E-state index contributed by atoms with van der Waals surface area (Å²) in [5.74, 6) is 0. The summed E-state index contributed by atoms with van der Waals surface area (Å²) >= 11 is 0. The van der Waals surface area contributed by atoms with Crippen molar-refractivity contribution in [2.45, 2.75) is 50.7 Å². The zero-order valence-corrected chi connectivity index (χ0v) is 10.6. The lowest BCUT2D eigenvalue weighted by molar-refractivity contribution is 0.0808. The maximum atomic E-state index is 5.64. The number of likely N-dealkylation sites (N-methyl/N-ethyl adjacent to an activating group) is 1. The van der Waals surface area contributed by atoms with Crippen molar-refractivity contribution in [1.82, 2.24) is 10.2 Å². The van der Waals surface area contributed by atoms with Gasteiger partial charge in [0.15, 0.2) is 0 Å². The fourth-order valence-electron chi connectivity index (χ4n) is 2.33. The molecule has 0 spiro atoms. The van der Waals surface area contributed by atoms with Crippen molar-refractivity contribution in [3.05, 3.63) is 0 Å². The summed E-state index contributed by atoms with van der Waals surface area (Å²) in [5, 5.41) is 3.56. The van der Waals surface area contributed by atoms with Gasteiger partial charge in [0.2, 0.25) is 0 Å². The normalized spacial score (nSPS) is 25.5. The predicted molar refractivity (Wildman–Crippen MR) is 66.7 cm³/mol. The van der Waals surface area contributed by atoms with Gasteiger partial charge in [-0.05, 0) is 58.7 Å². The average molecular weight is 226 g/mol. The lowest BCUT2D eigenvalue weighted by Gasteiger charge is -2.20. The molecule has 2 fully saturated rings. The van der Waals surface area contributed by atoms with E-state index in [2.05, 4.69) is 17.3 Å². The Morgan fingerprint density at radius 2 is 2.12 bits per heavy atom. The highest BCUT2D eigenvalue weighted by Gasteiger charge is 2.19. The summed E-state index contributed by atoms with van der Waals surface area (Å²) in [6, 6.07) is 0.865. The molecular weight excluding hydrogens is 200 g/mol. The van der Waals surface area contributed by atoms with Crippen LogP contribution in [0.3, 0.4) is 0 Å². The highest BCUT2D eigenvalue weighted by atomic mass is 16.5. The minimum absolute atomic E-state index is 0.509. The minimum atomic E-state index is 0.509. The van der Waals surface area contributed by atoms with Gasteiger partial charge < -0.3 is 15.0 Å². The molecule has 1 saturated carbocycles. The standard InChI is InChI=1S/C13H26N2O/c1-15(11-13-5-4-10-16-13)9-3-2-8-14-12-6-7-12/h12-14H,2-11H2,1H3. The van der Waals surface area contributed by atoms with E-state index in [4.69, 9.17) is 4.74 Å². The number of nitrogens with zero attached hydrogens (tertiary/aromatic N) is 1. The Labute approximate surface area is 99.5 Å². The van der Waals surface area contributed by atoms with Gasteiger partial charge >= 0.3 is 0 Å². The van der Waals surface area contributed by atoms with Gasteiger partial charge in [0.1, 0.15) is 0 Å². The van der Waals surface area contributed by atoms with E-state index in [0.717, 1.165) is 19.2 Å². The fraction of sp³-hybridized carbons (Fsp3) is 1.00. The highest BCUT2D eigenvalue weighted by Crippen LogP contribution is 2.18. The summed E-state index contributed by atoms with van der Waals surface area (Å²) in [4.78, 5) is 2.42. The third kappa shape index (κ3) is 4.81. The first kappa shape index (κ1) is 12.3. The Morgan fingerprint density at radius 3 is 2.81 bits per heavy atom. The topological polar surface area (TPSA) is 24.5 Å². The van der Waals surface area contributed by atoms with Crippen molar-refractivity contribution in [3.63, 3.8) is 0 Å². The van der Waals surface area contributed by atoms with Gasteiger partial charge in [0, 0.05) is 19.2 Å². The van der Waals surface area contributed by atoms with E-state index < -0.39 is 0 Å². The van der Waals surface area contributed by atoms with Gasteiger partial charge in [-0.25, -0.2) is 0 Å². The van der Waals surface area contributed by atoms with Gasteiger partial charge in [-0.15, -0.1) is 0 Å². The zero-order valence-electron chi connectivity index (χ0n) is 10.6. The smallest absolute Gasteiger partial charge is 0.0702 e. The van der Waals surface area contributed by atoms with Crippen molar-refractivity contribution in [2.75, 3.05) is 33.3 Å². The summed E-state index contributed by atoms with van der Waals surface area (Å²) < 4.78 is 5.64. The largest absolute Gasteiger partial charge is 0.377 e. The third-order valence-electron chi connectivity index (χ3n) is 3.52. The van der Waals surface area contributed by atoms with E-state index in [1.807, 2.05) is 0 Å². The van der Waals surface area contributed by atoms with Crippen LogP contribution in [0.4, 0.5) is 0 Å². The van der Waals surface area contributed by atoms with Gasteiger partial charge in [0.25, 0.3) is 0 Å².